The molecule has 14 heteroatoms. The van der Waals surface area contributed by atoms with Gasteiger partial charge in [0.2, 0.25) is 0 Å². The maximum absolute atomic E-state index is 14.2. The first-order valence-corrected chi connectivity index (χ1v) is 15.6. The van der Waals surface area contributed by atoms with Crippen molar-refractivity contribution in [2.75, 3.05) is 0 Å². The Bertz CT molecular complexity index is 2760. The molecule has 54 heavy (non-hydrogen) atoms. The third-order valence-corrected chi connectivity index (χ3v) is 9.26. The summed E-state index contributed by atoms with van der Waals surface area (Å²) >= 11 is 0. The van der Waals surface area contributed by atoms with Crippen molar-refractivity contribution in [1.82, 2.24) is 9.97 Å². The highest BCUT2D eigenvalue weighted by atomic mass is 19.4. The smallest absolute Gasteiger partial charge is 0.247 e. The Hall–Kier alpha value is -7.78. The summed E-state index contributed by atoms with van der Waals surface area (Å²) in [6.07, 6.45) is -9.68. The van der Waals surface area contributed by atoms with Crippen LogP contribution in [0.25, 0.3) is 50.3 Å². The molecule has 0 fully saturated rings. The summed E-state index contributed by atoms with van der Waals surface area (Å²) < 4.78 is 85.0. The molecule has 5 aromatic rings. The maximum atomic E-state index is 14.2. The van der Waals surface area contributed by atoms with Crippen molar-refractivity contribution in [3.8, 4) is 81.2 Å². The normalized spacial score (nSPS) is 13.6. The molecule has 1 unspecified atom stereocenters. The van der Waals surface area contributed by atoms with Crippen LogP contribution >= 0.6 is 0 Å². The van der Waals surface area contributed by atoms with E-state index in [0.29, 0.717) is 11.6 Å². The van der Waals surface area contributed by atoms with Crippen LogP contribution < -0.4 is 0 Å². The third-order valence-electron chi connectivity index (χ3n) is 9.26. The number of allylic oxidation sites excluding steroid dienone is 1. The highest BCUT2D eigenvalue weighted by Crippen LogP contribution is 2.53. The van der Waals surface area contributed by atoms with E-state index in [-0.39, 0.29) is 78.4 Å². The van der Waals surface area contributed by atoms with Gasteiger partial charge in [0.05, 0.1) is 75.2 Å². The number of aromatic nitrogens is 2. The van der Waals surface area contributed by atoms with Gasteiger partial charge in [-0.25, -0.2) is 9.97 Å². The summed E-state index contributed by atoms with van der Waals surface area (Å²) in [5.41, 5.74) is -2.10. The minimum atomic E-state index is -4.84. The number of nitrogens with zero attached hydrogens (tertiary/aromatic N) is 8. The Kier molecular flexibility index (Phi) is 8.00. The number of nitriles is 6. The molecule has 2 aliphatic carbocycles. The van der Waals surface area contributed by atoms with Crippen molar-refractivity contribution in [1.29, 1.82) is 31.6 Å². The van der Waals surface area contributed by atoms with E-state index in [4.69, 9.17) is 9.97 Å². The van der Waals surface area contributed by atoms with E-state index in [1.165, 1.54) is 48.5 Å². The van der Waals surface area contributed by atoms with Gasteiger partial charge in [-0.1, -0.05) is 36.4 Å². The van der Waals surface area contributed by atoms with Crippen LogP contribution in [0.5, 0.6) is 0 Å². The molecule has 8 nitrogen and oxygen atoms in total. The highest BCUT2D eigenvalue weighted by molar-refractivity contribution is 6.03. The van der Waals surface area contributed by atoms with Gasteiger partial charge in [-0.05, 0) is 69.8 Å². The van der Waals surface area contributed by atoms with Crippen LogP contribution in [0.3, 0.4) is 0 Å². The van der Waals surface area contributed by atoms with E-state index in [9.17, 15) is 57.9 Å². The van der Waals surface area contributed by atoms with Crippen LogP contribution in [-0.4, -0.2) is 9.97 Å². The molecule has 7 rings (SSSR count). The Morgan fingerprint density at radius 2 is 1.07 bits per heavy atom. The molecule has 2 aliphatic rings. The van der Waals surface area contributed by atoms with Gasteiger partial charge in [0.25, 0.3) is 0 Å². The second-order valence-electron chi connectivity index (χ2n) is 12.1. The molecule has 0 bridgehead atoms. The van der Waals surface area contributed by atoms with Crippen LogP contribution in [-0.2, 0) is 12.4 Å². The molecule has 0 spiro atoms. The van der Waals surface area contributed by atoms with Gasteiger partial charge < -0.3 is 0 Å². The quantitative estimate of drug-likeness (QED) is 0.129. The molecular formula is C40H14F6N8. The Morgan fingerprint density at radius 3 is 1.57 bits per heavy atom. The number of alkyl halides is 6. The van der Waals surface area contributed by atoms with Crippen LogP contribution in [0.4, 0.5) is 26.3 Å². The molecule has 1 atom stereocenters. The second-order valence-corrected chi connectivity index (χ2v) is 12.1. The van der Waals surface area contributed by atoms with Crippen molar-refractivity contribution in [3.05, 3.63) is 123 Å². The fourth-order valence-corrected chi connectivity index (χ4v) is 6.93. The van der Waals surface area contributed by atoms with E-state index < -0.39 is 40.9 Å². The molecule has 4 aromatic carbocycles. The summed E-state index contributed by atoms with van der Waals surface area (Å²) in [5, 5.41) is 58.5. The molecular weight excluding hydrogens is 706 g/mol. The summed E-state index contributed by atoms with van der Waals surface area (Å²) in [6.45, 7) is 0. The Balaban J connectivity index is 1.45. The number of benzene rings is 4. The second kappa shape index (κ2) is 12.5. The van der Waals surface area contributed by atoms with Crippen molar-refractivity contribution in [2.24, 2.45) is 5.92 Å². The minimum absolute atomic E-state index is 0.0162. The average molecular weight is 721 g/mol. The predicted molar refractivity (Wildman–Crippen MR) is 177 cm³/mol. The minimum Gasteiger partial charge on any atom is -0.247 e. The van der Waals surface area contributed by atoms with Crippen molar-refractivity contribution >= 4 is 5.57 Å². The number of halogens is 6. The van der Waals surface area contributed by atoms with Crippen LogP contribution in [0.2, 0.25) is 0 Å². The summed E-state index contributed by atoms with van der Waals surface area (Å²) in [6, 6.07) is 25.4. The van der Waals surface area contributed by atoms with Crippen molar-refractivity contribution < 1.29 is 26.3 Å². The molecule has 1 heterocycles. The summed E-state index contributed by atoms with van der Waals surface area (Å²) in [4.78, 5) is 9.58. The summed E-state index contributed by atoms with van der Waals surface area (Å²) in [7, 11) is 0. The number of rotatable bonds is 3. The highest BCUT2D eigenvalue weighted by Gasteiger charge is 2.42. The SMILES string of the molecule is N#CC(C#N)=C1c2cc(-c3ccc(C#N)cc3C(F)(F)F)ccc2-c2nc3c(nc21)-c1ccc(-c2ccc(C#N)cc2C(F)(F)F)cc1C3C(C#N)C#N. The topological polar surface area (TPSA) is 169 Å². The van der Waals surface area contributed by atoms with Gasteiger partial charge in [-0.15, -0.1) is 0 Å². The van der Waals surface area contributed by atoms with E-state index >= 15 is 0 Å². The molecule has 0 N–H and O–H groups in total. The zero-order valence-corrected chi connectivity index (χ0v) is 26.9. The zero-order valence-electron chi connectivity index (χ0n) is 26.9. The maximum Gasteiger partial charge on any atom is 0.417 e. The lowest BCUT2D eigenvalue weighted by Gasteiger charge is -2.17. The molecule has 256 valence electrons. The van der Waals surface area contributed by atoms with Gasteiger partial charge in [-0.3, -0.25) is 0 Å². The lowest BCUT2D eigenvalue weighted by Crippen LogP contribution is -2.11. The zero-order chi connectivity index (χ0) is 38.7. The van der Waals surface area contributed by atoms with Crippen LogP contribution in [0, 0.1) is 73.9 Å². The van der Waals surface area contributed by atoms with Gasteiger partial charge in [0.1, 0.15) is 23.6 Å². The first-order chi connectivity index (χ1) is 25.8. The molecule has 0 aliphatic heterocycles. The largest absolute Gasteiger partial charge is 0.417 e. The van der Waals surface area contributed by atoms with Gasteiger partial charge >= 0.3 is 12.4 Å². The number of hydrogen-bond donors (Lipinski definition) is 0. The van der Waals surface area contributed by atoms with E-state index in [0.717, 1.165) is 18.2 Å². The first kappa shape index (κ1) is 34.7. The average Bonchev–Trinajstić information content (AvgIpc) is 3.65. The molecule has 0 radical (unpaired) electrons. The lowest BCUT2D eigenvalue weighted by molar-refractivity contribution is -0.137. The van der Waals surface area contributed by atoms with Gasteiger partial charge in [0.15, 0.2) is 0 Å². The lowest BCUT2D eigenvalue weighted by atomic mass is 9.86. The van der Waals surface area contributed by atoms with Crippen molar-refractivity contribution in [3.63, 3.8) is 0 Å². The van der Waals surface area contributed by atoms with Crippen molar-refractivity contribution in [2.45, 2.75) is 18.3 Å². The van der Waals surface area contributed by atoms with E-state index in [1.807, 2.05) is 12.1 Å². The van der Waals surface area contributed by atoms with Crippen LogP contribution in [0.15, 0.2) is 78.4 Å². The standard InChI is InChI=1S/C40H14F6N8/c41-39(42,43)31-9-19(13-47)1-5-25(31)21-3-7-27-29(11-21)33(23(15-49)16-50)37-35(27)53-38-34(24(17-51)18-52)30-12-22(4-8-28(30)36(38)54-37)26-6-2-20(14-48)10-32(26)40(44,45)46/h1-12,23,33H. The molecule has 0 saturated carbocycles. The fourth-order valence-electron chi connectivity index (χ4n) is 6.93. The van der Waals surface area contributed by atoms with Crippen LogP contribution in [0.1, 0.15) is 50.7 Å². The van der Waals surface area contributed by atoms with E-state index in [1.54, 1.807) is 24.3 Å². The number of hydrogen-bond acceptors (Lipinski definition) is 8. The monoisotopic (exact) mass is 720 g/mol. The molecule has 0 amide bonds. The molecule has 1 aromatic heterocycles. The molecule has 0 saturated heterocycles. The third kappa shape index (κ3) is 5.35. The summed E-state index contributed by atoms with van der Waals surface area (Å²) in [5.74, 6) is -2.52. The Labute approximate surface area is 301 Å². The Morgan fingerprint density at radius 1 is 0.556 bits per heavy atom. The fraction of sp³-hybridized carbons (Fsp3) is 0.100. The van der Waals surface area contributed by atoms with Gasteiger partial charge in [0, 0.05) is 16.7 Å². The predicted octanol–water partition coefficient (Wildman–Crippen LogP) is 9.20. The number of fused-ring (bicyclic) bond motifs is 6. The van der Waals surface area contributed by atoms with Gasteiger partial charge in [-0.2, -0.15) is 57.9 Å². The van der Waals surface area contributed by atoms with E-state index in [2.05, 4.69) is 0 Å². The first-order valence-electron chi connectivity index (χ1n) is 15.6.